The topological polar surface area (TPSA) is 50.2 Å². The molecule has 5 heteroatoms. The number of hydrogen-bond donors (Lipinski definition) is 1. The lowest BCUT2D eigenvalue weighted by Crippen LogP contribution is -2.43. The van der Waals surface area contributed by atoms with Gasteiger partial charge in [0, 0.05) is 31.6 Å². The highest BCUT2D eigenvalue weighted by Crippen LogP contribution is 2.29. The Kier molecular flexibility index (Phi) is 5.61. The number of imidazole rings is 1. The molecule has 1 aliphatic heterocycles. The van der Waals surface area contributed by atoms with Gasteiger partial charge in [0.25, 0.3) is 0 Å². The zero-order chi connectivity index (χ0) is 19.7. The molecule has 0 unspecified atom stereocenters. The number of nitrogens with zero attached hydrogens (tertiary/aromatic N) is 3. The lowest BCUT2D eigenvalue weighted by Gasteiger charge is -2.33. The molecule has 0 radical (unpaired) electrons. The zero-order valence-corrected chi connectivity index (χ0v) is 17.6. The van der Waals surface area contributed by atoms with Crippen LogP contribution in [0.4, 0.5) is 5.95 Å². The SMILES string of the molecule is CCCn1c(N2CCC(C(=O)NC3CCCC3)CC2)nc2cc(C)c(C)cc21. The van der Waals surface area contributed by atoms with E-state index in [0.717, 1.165) is 63.2 Å². The van der Waals surface area contributed by atoms with E-state index in [4.69, 9.17) is 4.98 Å². The zero-order valence-electron chi connectivity index (χ0n) is 17.6. The fourth-order valence-corrected chi connectivity index (χ4v) is 4.78. The first kappa shape index (κ1) is 19.3. The Morgan fingerprint density at radius 2 is 1.79 bits per heavy atom. The number of aryl methyl sites for hydroxylation is 3. The van der Waals surface area contributed by atoms with Crippen LogP contribution < -0.4 is 10.2 Å². The molecule has 1 aromatic carbocycles. The minimum atomic E-state index is 0.158. The van der Waals surface area contributed by atoms with Crippen LogP contribution in [0.1, 0.15) is 63.0 Å². The predicted molar refractivity (Wildman–Crippen MR) is 115 cm³/mol. The second-order valence-corrected chi connectivity index (χ2v) is 8.74. The van der Waals surface area contributed by atoms with Gasteiger partial charge in [-0.05, 0) is 69.2 Å². The lowest BCUT2D eigenvalue weighted by molar-refractivity contribution is -0.126. The fraction of sp³-hybridized carbons (Fsp3) is 0.652. The third-order valence-corrected chi connectivity index (χ3v) is 6.64. The average Bonchev–Trinajstić information content (AvgIpc) is 3.31. The summed E-state index contributed by atoms with van der Waals surface area (Å²) < 4.78 is 2.38. The van der Waals surface area contributed by atoms with Gasteiger partial charge in [0.05, 0.1) is 11.0 Å². The molecule has 1 amide bonds. The summed E-state index contributed by atoms with van der Waals surface area (Å²) >= 11 is 0. The van der Waals surface area contributed by atoms with Gasteiger partial charge in [-0.2, -0.15) is 0 Å². The standard InChI is InChI=1S/C23H34N4O/c1-4-11-27-21-15-17(3)16(2)14-20(21)25-23(27)26-12-9-18(10-13-26)22(28)24-19-7-5-6-8-19/h14-15,18-19H,4-13H2,1-3H3,(H,24,28). The van der Waals surface area contributed by atoms with Crippen LogP contribution in [0.2, 0.25) is 0 Å². The predicted octanol–water partition coefficient (Wildman–Crippen LogP) is 4.34. The van der Waals surface area contributed by atoms with Gasteiger partial charge in [0.2, 0.25) is 11.9 Å². The molecule has 1 saturated carbocycles. The van der Waals surface area contributed by atoms with E-state index in [-0.39, 0.29) is 11.8 Å². The number of amides is 1. The first-order valence-corrected chi connectivity index (χ1v) is 11.1. The largest absolute Gasteiger partial charge is 0.353 e. The number of hydrogen-bond acceptors (Lipinski definition) is 3. The third kappa shape index (κ3) is 3.76. The number of anilines is 1. The quantitative estimate of drug-likeness (QED) is 0.837. The summed E-state index contributed by atoms with van der Waals surface area (Å²) in [5.74, 6) is 1.52. The van der Waals surface area contributed by atoms with Crippen molar-refractivity contribution in [1.29, 1.82) is 0 Å². The second kappa shape index (κ2) is 8.14. The van der Waals surface area contributed by atoms with Crippen LogP contribution >= 0.6 is 0 Å². The molecular formula is C23H34N4O. The van der Waals surface area contributed by atoms with Crippen molar-refractivity contribution < 1.29 is 4.79 Å². The monoisotopic (exact) mass is 382 g/mol. The van der Waals surface area contributed by atoms with E-state index < -0.39 is 0 Å². The van der Waals surface area contributed by atoms with Crippen LogP contribution in [-0.2, 0) is 11.3 Å². The minimum absolute atomic E-state index is 0.158. The van der Waals surface area contributed by atoms with Crippen molar-refractivity contribution in [1.82, 2.24) is 14.9 Å². The Labute approximate surface area is 168 Å². The summed E-state index contributed by atoms with van der Waals surface area (Å²) in [6.45, 7) is 9.35. The molecule has 0 atom stereocenters. The molecule has 1 saturated heterocycles. The second-order valence-electron chi connectivity index (χ2n) is 8.74. The summed E-state index contributed by atoms with van der Waals surface area (Å²) in [7, 11) is 0. The van der Waals surface area contributed by atoms with Crippen molar-refractivity contribution in [2.24, 2.45) is 5.92 Å². The summed E-state index contributed by atoms with van der Waals surface area (Å²) in [5.41, 5.74) is 4.94. The lowest BCUT2D eigenvalue weighted by atomic mass is 9.95. The van der Waals surface area contributed by atoms with Crippen molar-refractivity contribution >= 4 is 22.9 Å². The van der Waals surface area contributed by atoms with Crippen LogP contribution in [-0.4, -0.2) is 34.6 Å². The Bertz CT molecular complexity index is 842. The molecule has 152 valence electrons. The van der Waals surface area contributed by atoms with E-state index in [1.165, 1.54) is 29.5 Å². The molecular weight excluding hydrogens is 348 g/mol. The number of benzene rings is 1. The van der Waals surface area contributed by atoms with Gasteiger partial charge in [0.1, 0.15) is 0 Å². The third-order valence-electron chi connectivity index (χ3n) is 6.64. The molecule has 28 heavy (non-hydrogen) atoms. The van der Waals surface area contributed by atoms with Gasteiger partial charge >= 0.3 is 0 Å². The molecule has 2 heterocycles. The molecule has 4 rings (SSSR count). The summed E-state index contributed by atoms with van der Waals surface area (Å²) in [4.78, 5) is 20.0. The Hall–Kier alpha value is -2.04. The molecule has 1 aliphatic carbocycles. The molecule has 2 aliphatic rings. The number of rotatable bonds is 5. The summed E-state index contributed by atoms with van der Waals surface area (Å²) in [6, 6.07) is 4.91. The number of carbonyl (C=O) groups is 1. The number of aromatic nitrogens is 2. The van der Waals surface area contributed by atoms with Gasteiger partial charge in [0.15, 0.2) is 0 Å². The first-order valence-electron chi connectivity index (χ1n) is 11.1. The molecule has 0 spiro atoms. The molecule has 0 bridgehead atoms. The number of nitrogens with one attached hydrogen (secondary N) is 1. The first-order chi connectivity index (χ1) is 13.6. The van der Waals surface area contributed by atoms with E-state index in [0.29, 0.717) is 6.04 Å². The molecule has 2 fully saturated rings. The maximum atomic E-state index is 12.6. The van der Waals surface area contributed by atoms with Crippen molar-refractivity contribution in [3.63, 3.8) is 0 Å². The number of fused-ring (bicyclic) bond motifs is 1. The Morgan fingerprint density at radius 1 is 1.11 bits per heavy atom. The van der Waals surface area contributed by atoms with E-state index in [9.17, 15) is 4.79 Å². The smallest absolute Gasteiger partial charge is 0.223 e. The van der Waals surface area contributed by atoms with Gasteiger partial charge in [-0.1, -0.05) is 19.8 Å². The van der Waals surface area contributed by atoms with Gasteiger partial charge in [-0.15, -0.1) is 0 Å². The van der Waals surface area contributed by atoms with Crippen molar-refractivity contribution in [2.45, 2.75) is 78.3 Å². The van der Waals surface area contributed by atoms with Crippen LogP contribution in [0.5, 0.6) is 0 Å². The summed E-state index contributed by atoms with van der Waals surface area (Å²) in [5, 5.41) is 3.29. The van der Waals surface area contributed by atoms with Crippen molar-refractivity contribution in [3.8, 4) is 0 Å². The average molecular weight is 383 g/mol. The number of piperidine rings is 1. The molecule has 5 nitrogen and oxygen atoms in total. The van der Waals surface area contributed by atoms with E-state index in [1.807, 2.05) is 0 Å². The van der Waals surface area contributed by atoms with E-state index in [1.54, 1.807) is 0 Å². The van der Waals surface area contributed by atoms with E-state index >= 15 is 0 Å². The highest BCUT2D eigenvalue weighted by atomic mass is 16.1. The molecule has 2 aromatic rings. The van der Waals surface area contributed by atoms with Crippen LogP contribution in [0, 0.1) is 19.8 Å². The Morgan fingerprint density at radius 3 is 2.46 bits per heavy atom. The van der Waals surface area contributed by atoms with Gasteiger partial charge in [-0.3, -0.25) is 4.79 Å². The highest BCUT2D eigenvalue weighted by molar-refractivity contribution is 5.81. The van der Waals surface area contributed by atoms with Gasteiger partial charge < -0.3 is 14.8 Å². The van der Waals surface area contributed by atoms with Crippen LogP contribution in [0.15, 0.2) is 12.1 Å². The maximum Gasteiger partial charge on any atom is 0.223 e. The number of carbonyl (C=O) groups excluding carboxylic acids is 1. The highest BCUT2D eigenvalue weighted by Gasteiger charge is 2.29. The normalized spacial score (nSPS) is 18.9. The maximum absolute atomic E-state index is 12.6. The molecule has 1 aromatic heterocycles. The van der Waals surface area contributed by atoms with E-state index in [2.05, 4.69) is 47.7 Å². The minimum Gasteiger partial charge on any atom is -0.353 e. The van der Waals surface area contributed by atoms with Crippen LogP contribution in [0.3, 0.4) is 0 Å². The van der Waals surface area contributed by atoms with Crippen molar-refractivity contribution in [3.05, 3.63) is 23.3 Å². The van der Waals surface area contributed by atoms with Gasteiger partial charge in [-0.25, -0.2) is 4.98 Å². The summed E-state index contributed by atoms with van der Waals surface area (Å²) in [6.07, 6.45) is 7.77. The van der Waals surface area contributed by atoms with Crippen LogP contribution in [0.25, 0.3) is 11.0 Å². The molecule has 1 N–H and O–H groups in total. The fourth-order valence-electron chi connectivity index (χ4n) is 4.78. The van der Waals surface area contributed by atoms with Crippen molar-refractivity contribution in [2.75, 3.05) is 18.0 Å². The Balaban J connectivity index is 1.48.